The van der Waals surface area contributed by atoms with Crippen molar-refractivity contribution in [3.63, 3.8) is 0 Å². The lowest BCUT2D eigenvalue weighted by Crippen LogP contribution is -2.66. The summed E-state index contributed by atoms with van der Waals surface area (Å²) in [5.41, 5.74) is 0. The van der Waals surface area contributed by atoms with Crippen LogP contribution in [0.4, 0.5) is 0 Å². The second-order valence-electron chi connectivity index (χ2n) is 20.7. The summed E-state index contributed by atoms with van der Waals surface area (Å²) < 4.78 is 34.2. The van der Waals surface area contributed by atoms with Crippen LogP contribution in [-0.4, -0.2) is 193 Å². The zero-order valence-corrected chi connectivity index (χ0v) is 45.7. The molecule has 0 aromatic heterocycles. The monoisotopic (exact) mass is 1090 g/mol. The number of carbonyl (C=O) groups excluding carboxylic acids is 1. The lowest BCUT2D eigenvalue weighted by atomic mass is 9.96. The number of amides is 1. The van der Waals surface area contributed by atoms with Gasteiger partial charge in [-0.05, 0) is 51.4 Å². The summed E-state index contributed by atoms with van der Waals surface area (Å²) in [6.07, 6.45) is 16.6. The SMILES string of the molecule is CC/C=C\C/C=C\C/C=C\C/C=C\CCCCCCCCCCCCC(=O)NC(COC1OC(CO)C(OC2OC(CO)C(OC3OC(CO)C(O)C(O)C3O)C(O)C2O)C(O)C1O)C(O)CCCCCCCCCC. The van der Waals surface area contributed by atoms with Gasteiger partial charge in [0.05, 0.1) is 38.6 Å². The molecule has 0 bridgehead atoms. The molecule has 3 saturated heterocycles. The molecule has 17 atom stereocenters. The third-order valence-corrected chi connectivity index (χ3v) is 14.4. The average molecular weight is 1090 g/mol. The molecule has 3 aliphatic heterocycles. The molecule has 0 aromatic carbocycles. The molecule has 3 heterocycles. The fraction of sp³-hybridized carbons (Fsp3) is 0.842. The minimum absolute atomic E-state index is 0.254. The summed E-state index contributed by atoms with van der Waals surface area (Å²) in [4.78, 5) is 13.3. The van der Waals surface area contributed by atoms with Crippen LogP contribution in [0.5, 0.6) is 0 Å². The number of ether oxygens (including phenoxy) is 6. The molecule has 12 N–H and O–H groups in total. The van der Waals surface area contributed by atoms with E-state index in [1.807, 2.05) is 0 Å². The lowest BCUT2D eigenvalue weighted by Gasteiger charge is -2.48. The van der Waals surface area contributed by atoms with E-state index in [-0.39, 0.29) is 18.9 Å². The largest absolute Gasteiger partial charge is 0.394 e. The first-order valence-electron chi connectivity index (χ1n) is 28.9. The summed E-state index contributed by atoms with van der Waals surface area (Å²) in [6.45, 7) is 1.61. The van der Waals surface area contributed by atoms with Crippen LogP contribution >= 0.6 is 0 Å². The number of nitrogens with one attached hydrogen (secondary N) is 1. The zero-order valence-electron chi connectivity index (χ0n) is 45.7. The Labute approximate surface area is 453 Å². The minimum atomic E-state index is -1.97. The van der Waals surface area contributed by atoms with E-state index in [0.29, 0.717) is 12.8 Å². The third kappa shape index (κ3) is 25.0. The number of aliphatic hydroxyl groups is 11. The molecule has 19 heteroatoms. The molecular formula is C57H101NO18. The molecule has 19 nitrogen and oxygen atoms in total. The van der Waals surface area contributed by atoms with E-state index < -0.39 is 124 Å². The summed E-state index contributed by atoms with van der Waals surface area (Å²) in [5.74, 6) is -0.254. The first-order valence-corrected chi connectivity index (χ1v) is 28.9. The molecule has 76 heavy (non-hydrogen) atoms. The van der Waals surface area contributed by atoms with Gasteiger partial charge in [-0.1, -0.05) is 165 Å². The summed E-state index contributed by atoms with van der Waals surface area (Å²) in [5, 5.41) is 120. The maximum atomic E-state index is 13.3. The van der Waals surface area contributed by atoms with Gasteiger partial charge in [0.25, 0.3) is 0 Å². The maximum absolute atomic E-state index is 13.3. The number of carbonyl (C=O) groups is 1. The predicted molar refractivity (Wildman–Crippen MR) is 286 cm³/mol. The van der Waals surface area contributed by atoms with Crippen LogP contribution in [0.2, 0.25) is 0 Å². The Morgan fingerprint density at radius 3 is 1.42 bits per heavy atom. The van der Waals surface area contributed by atoms with Gasteiger partial charge in [-0.3, -0.25) is 4.79 Å². The number of hydrogen-bond donors (Lipinski definition) is 12. The van der Waals surface area contributed by atoms with Crippen LogP contribution in [0, 0.1) is 0 Å². The van der Waals surface area contributed by atoms with E-state index in [1.165, 1.54) is 51.4 Å². The summed E-state index contributed by atoms with van der Waals surface area (Å²) in [7, 11) is 0. The fourth-order valence-electron chi connectivity index (χ4n) is 9.66. The molecule has 0 aromatic rings. The van der Waals surface area contributed by atoms with E-state index in [0.717, 1.165) is 89.9 Å². The van der Waals surface area contributed by atoms with Crippen molar-refractivity contribution >= 4 is 5.91 Å². The number of aliphatic hydroxyl groups excluding tert-OH is 11. The normalized spacial score (nSPS) is 31.3. The van der Waals surface area contributed by atoms with Gasteiger partial charge in [-0.15, -0.1) is 0 Å². The average Bonchev–Trinajstić information content (AvgIpc) is 3.42. The molecule has 442 valence electrons. The first kappa shape index (κ1) is 68.0. The smallest absolute Gasteiger partial charge is 0.220 e. The number of allylic oxidation sites excluding steroid dienone is 8. The Bertz CT molecular complexity index is 1580. The Morgan fingerprint density at radius 2 is 0.908 bits per heavy atom. The topological polar surface area (TPSA) is 307 Å². The Hall–Kier alpha value is -2.25. The Balaban J connectivity index is 1.44. The molecule has 3 rings (SSSR count). The zero-order chi connectivity index (χ0) is 55.5. The van der Waals surface area contributed by atoms with Crippen LogP contribution in [0.25, 0.3) is 0 Å². The quantitative estimate of drug-likeness (QED) is 0.0300. The van der Waals surface area contributed by atoms with Crippen molar-refractivity contribution in [2.75, 3.05) is 26.4 Å². The fourth-order valence-corrected chi connectivity index (χ4v) is 9.66. The number of hydrogen-bond acceptors (Lipinski definition) is 18. The minimum Gasteiger partial charge on any atom is -0.394 e. The molecule has 3 fully saturated rings. The van der Waals surface area contributed by atoms with Gasteiger partial charge >= 0.3 is 0 Å². The third-order valence-electron chi connectivity index (χ3n) is 14.4. The van der Waals surface area contributed by atoms with Crippen LogP contribution in [0.15, 0.2) is 48.6 Å². The second kappa shape index (κ2) is 40.9. The standard InChI is InChI=1S/C57H101NO18/c1-3-5-7-9-11-13-14-15-16-17-18-19-20-21-22-23-24-25-26-27-29-31-33-35-45(63)58-40(41(62)34-32-30-28-12-10-8-6-4-2)39-71-55-51(69)48(66)53(43(37-60)73-55)76-57-52(70)49(67)54(44(38-61)74-57)75-56-50(68)47(65)46(64)42(36-59)72-56/h5,7,11,13,15-16,18-19,40-44,46-57,59-62,64-70H,3-4,6,8-10,12,14,17,20-39H2,1-2H3,(H,58,63)/b7-5-,13-11-,16-15-,19-18-. The van der Waals surface area contributed by atoms with Crippen molar-refractivity contribution in [2.24, 2.45) is 0 Å². The van der Waals surface area contributed by atoms with Crippen molar-refractivity contribution in [3.8, 4) is 0 Å². The molecule has 1 amide bonds. The van der Waals surface area contributed by atoms with Gasteiger partial charge in [0.2, 0.25) is 5.91 Å². The van der Waals surface area contributed by atoms with Crippen molar-refractivity contribution in [1.29, 1.82) is 0 Å². The van der Waals surface area contributed by atoms with Gasteiger partial charge in [-0.25, -0.2) is 0 Å². The van der Waals surface area contributed by atoms with Crippen molar-refractivity contribution in [2.45, 2.75) is 279 Å². The number of unbranched alkanes of at least 4 members (excludes halogenated alkanes) is 17. The van der Waals surface area contributed by atoms with E-state index in [4.69, 9.17) is 28.4 Å². The molecule has 0 saturated carbocycles. The van der Waals surface area contributed by atoms with E-state index >= 15 is 0 Å². The highest BCUT2D eigenvalue weighted by atomic mass is 16.8. The highest BCUT2D eigenvalue weighted by Crippen LogP contribution is 2.33. The second-order valence-corrected chi connectivity index (χ2v) is 20.7. The molecular weight excluding hydrogens is 987 g/mol. The van der Waals surface area contributed by atoms with Crippen molar-refractivity contribution < 1.29 is 89.4 Å². The predicted octanol–water partition coefficient (Wildman–Crippen LogP) is 4.31. The van der Waals surface area contributed by atoms with Crippen molar-refractivity contribution in [1.82, 2.24) is 5.32 Å². The van der Waals surface area contributed by atoms with Gasteiger partial charge in [-0.2, -0.15) is 0 Å². The molecule has 0 radical (unpaired) electrons. The van der Waals surface area contributed by atoms with E-state index in [9.17, 15) is 61.0 Å². The number of rotatable bonds is 41. The van der Waals surface area contributed by atoms with E-state index in [1.54, 1.807) is 0 Å². The highest BCUT2D eigenvalue weighted by molar-refractivity contribution is 5.76. The van der Waals surface area contributed by atoms with E-state index in [2.05, 4.69) is 67.8 Å². The van der Waals surface area contributed by atoms with Crippen LogP contribution in [-0.2, 0) is 33.2 Å². The van der Waals surface area contributed by atoms with Crippen LogP contribution in [0.3, 0.4) is 0 Å². The van der Waals surface area contributed by atoms with Gasteiger partial charge in [0, 0.05) is 6.42 Å². The van der Waals surface area contributed by atoms with Crippen LogP contribution < -0.4 is 5.32 Å². The van der Waals surface area contributed by atoms with Crippen molar-refractivity contribution in [3.05, 3.63) is 48.6 Å². The molecule has 0 spiro atoms. The molecule has 3 aliphatic rings. The van der Waals surface area contributed by atoms with Crippen LogP contribution in [0.1, 0.15) is 174 Å². The Morgan fingerprint density at radius 1 is 0.487 bits per heavy atom. The Kier molecular flexibility index (Phi) is 36.6. The maximum Gasteiger partial charge on any atom is 0.220 e. The summed E-state index contributed by atoms with van der Waals surface area (Å²) in [6, 6.07) is -0.888. The lowest BCUT2D eigenvalue weighted by molar-refractivity contribution is -0.379. The van der Waals surface area contributed by atoms with Gasteiger partial charge in [0.15, 0.2) is 18.9 Å². The molecule has 0 aliphatic carbocycles. The first-order chi connectivity index (χ1) is 36.8. The highest BCUT2D eigenvalue weighted by Gasteiger charge is 2.53. The van der Waals surface area contributed by atoms with Gasteiger partial charge in [0.1, 0.15) is 73.2 Å². The van der Waals surface area contributed by atoms with Gasteiger partial charge < -0.3 is 89.9 Å². The molecule has 17 unspecified atom stereocenters. The summed E-state index contributed by atoms with van der Waals surface area (Å²) >= 11 is 0.